The van der Waals surface area contributed by atoms with Crippen LogP contribution in [0.1, 0.15) is 23.2 Å². The molecule has 0 bridgehead atoms. The van der Waals surface area contributed by atoms with Gasteiger partial charge < -0.3 is 4.48 Å². The standard InChI is InChI=1S/C13H19INO/c1-15(2,3)10-4-5-13(16)11-6-8-12(14)9-7-11/h6-9H,4-5,10H2,1-3H3/q+1. The van der Waals surface area contributed by atoms with Gasteiger partial charge in [0.05, 0.1) is 27.7 Å². The van der Waals surface area contributed by atoms with E-state index in [-0.39, 0.29) is 5.78 Å². The zero-order chi connectivity index (χ0) is 12.2. The van der Waals surface area contributed by atoms with Crippen molar-refractivity contribution in [3.8, 4) is 0 Å². The number of carbonyl (C=O) groups is 1. The molecule has 3 heteroatoms. The Morgan fingerprint density at radius 3 is 2.25 bits per heavy atom. The smallest absolute Gasteiger partial charge is 0.163 e. The van der Waals surface area contributed by atoms with Crippen LogP contribution in [0.5, 0.6) is 0 Å². The molecule has 0 spiro atoms. The zero-order valence-electron chi connectivity index (χ0n) is 10.2. The monoisotopic (exact) mass is 332 g/mol. The molecule has 1 rings (SSSR count). The van der Waals surface area contributed by atoms with Gasteiger partial charge in [0.2, 0.25) is 0 Å². The van der Waals surface area contributed by atoms with Crippen LogP contribution in [0.15, 0.2) is 24.3 Å². The number of hydrogen-bond acceptors (Lipinski definition) is 1. The lowest BCUT2D eigenvalue weighted by Gasteiger charge is -2.23. The molecule has 1 aromatic rings. The minimum absolute atomic E-state index is 0.254. The first-order chi connectivity index (χ1) is 7.38. The highest BCUT2D eigenvalue weighted by Crippen LogP contribution is 2.10. The summed E-state index contributed by atoms with van der Waals surface area (Å²) in [4.78, 5) is 11.8. The molecule has 0 atom stereocenters. The Balaban J connectivity index is 2.44. The van der Waals surface area contributed by atoms with Gasteiger partial charge in [-0.05, 0) is 34.7 Å². The quantitative estimate of drug-likeness (QED) is 0.460. The second-order valence-electron chi connectivity index (χ2n) is 5.05. The van der Waals surface area contributed by atoms with E-state index in [1.54, 1.807) is 0 Å². The molecule has 0 radical (unpaired) electrons. The van der Waals surface area contributed by atoms with E-state index in [4.69, 9.17) is 0 Å². The normalized spacial score (nSPS) is 11.5. The van der Waals surface area contributed by atoms with Crippen molar-refractivity contribution in [1.82, 2.24) is 0 Å². The first kappa shape index (κ1) is 13.6. The molecule has 0 amide bonds. The molecule has 0 aliphatic rings. The van der Waals surface area contributed by atoms with Gasteiger partial charge in [-0.15, -0.1) is 0 Å². The van der Waals surface area contributed by atoms with E-state index in [1.165, 1.54) is 3.57 Å². The number of ketones is 1. The van der Waals surface area contributed by atoms with E-state index < -0.39 is 0 Å². The number of hydrogen-bond donors (Lipinski definition) is 0. The van der Waals surface area contributed by atoms with Crippen LogP contribution in [0.4, 0.5) is 0 Å². The average molecular weight is 332 g/mol. The Hall–Kier alpha value is -0.420. The second kappa shape index (κ2) is 5.77. The highest BCUT2D eigenvalue weighted by atomic mass is 127. The predicted molar refractivity (Wildman–Crippen MR) is 75.6 cm³/mol. The zero-order valence-corrected chi connectivity index (χ0v) is 12.3. The van der Waals surface area contributed by atoms with Crippen LogP contribution >= 0.6 is 22.6 Å². The first-order valence-electron chi connectivity index (χ1n) is 5.48. The van der Waals surface area contributed by atoms with E-state index in [2.05, 4.69) is 43.7 Å². The number of halogens is 1. The third kappa shape index (κ3) is 5.07. The molecule has 0 aromatic heterocycles. The summed E-state index contributed by atoms with van der Waals surface area (Å²) in [6.07, 6.45) is 1.60. The lowest BCUT2D eigenvalue weighted by atomic mass is 10.1. The van der Waals surface area contributed by atoms with Gasteiger partial charge in [-0.1, -0.05) is 12.1 Å². The van der Waals surface area contributed by atoms with Gasteiger partial charge in [-0.25, -0.2) is 0 Å². The Kier molecular flexibility index (Phi) is 4.92. The highest BCUT2D eigenvalue weighted by Gasteiger charge is 2.10. The number of rotatable bonds is 5. The van der Waals surface area contributed by atoms with Crippen molar-refractivity contribution >= 4 is 28.4 Å². The maximum atomic E-state index is 11.8. The molecule has 0 fully saturated rings. The topological polar surface area (TPSA) is 17.1 Å². The Bertz CT molecular complexity index is 351. The summed E-state index contributed by atoms with van der Waals surface area (Å²) in [6.45, 7) is 1.04. The van der Waals surface area contributed by atoms with Gasteiger partial charge in [0.15, 0.2) is 5.78 Å². The van der Waals surface area contributed by atoms with Gasteiger partial charge in [-0.2, -0.15) is 0 Å². The molecule has 0 saturated heterocycles. The van der Waals surface area contributed by atoms with E-state index in [0.29, 0.717) is 6.42 Å². The fourth-order valence-corrected chi connectivity index (χ4v) is 1.85. The predicted octanol–water partition coefficient (Wildman–Crippen LogP) is 2.96. The van der Waals surface area contributed by atoms with Gasteiger partial charge >= 0.3 is 0 Å². The molecule has 88 valence electrons. The summed E-state index contributed by atoms with van der Waals surface area (Å²) in [5.74, 6) is 0.254. The van der Waals surface area contributed by atoms with E-state index in [0.717, 1.165) is 23.0 Å². The molecule has 0 aliphatic carbocycles. The van der Waals surface area contributed by atoms with Crippen LogP contribution in [0.25, 0.3) is 0 Å². The average Bonchev–Trinajstić information content (AvgIpc) is 2.16. The number of Topliss-reactive ketones (excluding diaryl/α,β-unsaturated/α-hetero) is 1. The van der Waals surface area contributed by atoms with E-state index in [9.17, 15) is 4.79 Å². The molecule has 2 nitrogen and oxygen atoms in total. The highest BCUT2D eigenvalue weighted by molar-refractivity contribution is 14.1. The third-order valence-electron chi connectivity index (χ3n) is 2.40. The summed E-state index contributed by atoms with van der Waals surface area (Å²) in [5, 5.41) is 0. The van der Waals surface area contributed by atoms with Crippen LogP contribution in [0.3, 0.4) is 0 Å². The van der Waals surface area contributed by atoms with Crippen LogP contribution < -0.4 is 0 Å². The van der Waals surface area contributed by atoms with Gasteiger partial charge in [0, 0.05) is 22.0 Å². The van der Waals surface area contributed by atoms with Gasteiger partial charge in [0.25, 0.3) is 0 Å². The summed E-state index contributed by atoms with van der Waals surface area (Å²) in [6, 6.07) is 7.79. The molecular formula is C13H19INO+. The fourth-order valence-electron chi connectivity index (χ4n) is 1.49. The van der Waals surface area contributed by atoms with Crippen LogP contribution in [0, 0.1) is 3.57 Å². The van der Waals surface area contributed by atoms with Crippen molar-refractivity contribution in [1.29, 1.82) is 0 Å². The van der Waals surface area contributed by atoms with Crippen LogP contribution in [-0.4, -0.2) is 38.0 Å². The number of carbonyl (C=O) groups excluding carboxylic acids is 1. The Labute approximate surface area is 111 Å². The lowest BCUT2D eigenvalue weighted by Crippen LogP contribution is -2.35. The number of quaternary nitrogens is 1. The van der Waals surface area contributed by atoms with E-state index >= 15 is 0 Å². The molecule has 1 aromatic carbocycles. The summed E-state index contributed by atoms with van der Waals surface area (Å²) in [5.41, 5.74) is 0.835. The Morgan fingerprint density at radius 2 is 1.75 bits per heavy atom. The molecule has 0 heterocycles. The van der Waals surface area contributed by atoms with Crippen molar-refractivity contribution in [2.45, 2.75) is 12.8 Å². The summed E-state index contributed by atoms with van der Waals surface area (Å²) in [7, 11) is 6.44. The minimum Gasteiger partial charge on any atom is -0.331 e. The van der Waals surface area contributed by atoms with Crippen molar-refractivity contribution in [2.75, 3.05) is 27.7 Å². The number of benzene rings is 1. The number of nitrogens with zero attached hydrogens (tertiary/aromatic N) is 1. The van der Waals surface area contributed by atoms with Gasteiger partial charge in [0.1, 0.15) is 0 Å². The maximum Gasteiger partial charge on any atom is 0.163 e. The molecule has 16 heavy (non-hydrogen) atoms. The fraction of sp³-hybridized carbons (Fsp3) is 0.462. The van der Waals surface area contributed by atoms with Gasteiger partial charge in [-0.3, -0.25) is 4.79 Å². The van der Waals surface area contributed by atoms with E-state index in [1.807, 2.05) is 24.3 Å². The van der Waals surface area contributed by atoms with Crippen molar-refractivity contribution in [3.63, 3.8) is 0 Å². The van der Waals surface area contributed by atoms with Crippen molar-refractivity contribution in [3.05, 3.63) is 33.4 Å². The Morgan fingerprint density at radius 1 is 1.19 bits per heavy atom. The minimum atomic E-state index is 0.254. The van der Waals surface area contributed by atoms with Crippen LogP contribution in [-0.2, 0) is 0 Å². The van der Waals surface area contributed by atoms with Crippen LogP contribution in [0.2, 0.25) is 0 Å². The van der Waals surface area contributed by atoms with Crippen molar-refractivity contribution < 1.29 is 9.28 Å². The molecule has 0 saturated carbocycles. The molecule has 0 unspecified atom stereocenters. The summed E-state index contributed by atoms with van der Waals surface area (Å²) < 4.78 is 2.08. The van der Waals surface area contributed by atoms with Crippen molar-refractivity contribution in [2.24, 2.45) is 0 Å². The maximum absolute atomic E-state index is 11.8. The SMILES string of the molecule is C[N+](C)(C)CCCC(=O)c1ccc(I)cc1. The third-order valence-corrected chi connectivity index (χ3v) is 3.12. The lowest BCUT2D eigenvalue weighted by molar-refractivity contribution is -0.870. The second-order valence-corrected chi connectivity index (χ2v) is 6.29. The largest absolute Gasteiger partial charge is 0.331 e. The molecule has 0 N–H and O–H groups in total. The summed E-state index contributed by atoms with van der Waals surface area (Å²) >= 11 is 2.25. The molecular weight excluding hydrogens is 313 g/mol. The first-order valence-corrected chi connectivity index (χ1v) is 6.55. The molecule has 0 aliphatic heterocycles.